The van der Waals surface area contributed by atoms with Gasteiger partial charge in [-0.1, -0.05) is 60.7 Å². The molecular weight excluding hydrogens is 472 g/mol. The predicted octanol–water partition coefficient (Wildman–Crippen LogP) is 2.66. The molecule has 4 aliphatic rings. The number of hydrogen-bond donors (Lipinski definition) is 1. The average molecular weight is 501 g/mol. The van der Waals surface area contributed by atoms with Gasteiger partial charge in [-0.3, -0.25) is 14.4 Å². The third-order valence-electron chi connectivity index (χ3n) is 7.87. The minimum absolute atomic E-state index is 0.0158. The second kappa shape index (κ2) is 8.68. The molecule has 4 atom stereocenters. The number of benzene rings is 2. The maximum absolute atomic E-state index is 14.2. The van der Waals surface area contributed by atoms with Gasteiger partial charge in [-0.25, -0.2) is 0 Å². The Labute approximate surface area is 214 Å². The number of carbonyl (C=O) groups excluding carboxylic acids is 3. The Hall–Kier alpha value is -3.75. The van der Waals surface area contributed by atoms with E-state index in [1.54, 1.807) is 14.0 Å². The number of esters is 1. The molecule has 8 nitrogen and oxygen atoms in total. The molecule has 3 heterocycles. The van der Waals surface area contributed by atoms with Gasteiger partial charge in [0.25, 0.3) is 0 Å². The average Bonchev–Trinajstić information content (AvgIpc) is 3.53. The number of ketones is 2. The number of carbonyl (C=O) groups is 3. The Morgan fingerprint density at radius 3 is 2.24 bits per heavy atom. The van der Waals surface area contributed by atoms with Crippen molar-refractivity contribution in [2.45, 2.75) is 37.8 Å². The summed E-state index contributed by atoms with van der Waals surface area (Å²) in [6.07, 6.45) is -0.592. The van der Waals surface area contributed by atoms with E-state index in [2.05, 4.69) is 5.32 Å². The smallest absolute Gasteiger partial charge is 0.302 e. The number of fused-ring (bicyclic) bond motifs is 4. The van der Waals surface area contributed by atoms with Gasteiger partial charge in [0, 0.05) is 37.8 Å². The van der Waals surface area contributed by atoms with Crippen LogP contribution in [0.2, 0.25) is 0 Å². The number of allylic oxidation sites excluding steroid dienone is 2. The minimum atomic E-state index is -0.982. The molecule has 2 fully saturated rings. The maximum atomic E-state index is 14.2. The van der Waals surface area contributed by atoms with Crippen molar-refractivity contribution in [2.75, 3.05) is 20.3 Å². The van der Waals surface area contributed by atoms with Gasteiger partial charge in [0.1, 0.15) is 12.7 Å². The zero-order valence-corrected chi connectivity index (χ0v) is 20.9. The van der Waals surface area contributed by atoms with Crippen molar-refractivity contribution in [3.05, 3.63) is 94.4 Å². The van der Waals surface area contributed by atoms with Crippen molar-refractivity contribution in [1.29, 1.82) is 0 Å². The fraction of sp³-hybridized carbons (Fsp3) is 0.345. The summed E-state index contributed by atoms with van der Waals surface area (Å²) >= 11 is 0. The standard InChI is InChI=1S/C29H28N2O6/c1-16-24(33)23-22(20(15-36-17(2)32)29(35-3)28-21(30-28)14-31(23)29)25(34)26(16)37-27(18-10-6-4-7-11-18)19-12-8-5-9-13-19/h4-13,20-21,27-28,30H,14-15H2,1-3H3/t20?,21-,28-,29+/m0/s1. The van der Waals surface area contributed by atoms with Crippen LogP contribution in [0.3, 0.4) is 0 Å². The number of hydrogen-bond acceptors (Lipinski definition) is 8. The van der Waals surface area contributed by atoms with E-state index in [0.29, 0.717) is 17.8 Å². The van der Waals surface area contributed by atoms with Gasteiger partial charge in [-0.05, 0) is 18.1 Å². The fourth-order valence-electron chi connectivity index (χ4n) is 6.15. The fourth-order valence-corrected chi connectivity index (χ4v) is 6.15. The Bertz CT molecular complexity index is 1310. The number of piperazine rings is 1. The Morgan fingerprint density at radius 2 is 1.68 bits per heavy atom. The Morgan fingerprint density at radius 1 is 1.05 bits per heavy atom. The van der Waals surface area contributed by atoms with E-state index < -0.39 is 23.7 Å². The van der Waals surface area contributed by atoms with Crippen LogP contribution in [0, 0.1) is 5.92 Å². The molecule has 1 unspecified atom stereocenters. The van der Waals surface area contributed by atoms with Gasteiger partial charge < -0.3 is 24.4 Å². The summed E-state index contributed by atoms with van der Waals surface area (Å²) in [6.45, 7) is 3.42. The highest BCUT2D eigenvalue weighted by atomic mass is 16.5. The van der Waals surface area contributed by atoms with Crippen LogP contribution in [0.1, 0.15) is 31.1 Å². The van der Waals surface area contributed by atoms with Gasteiger partial charge in [-0.2, -0.15) is 0 Å². The van der Waals surface area contributed by atoms with E-state index in [1.807, 2.05) is 65.6 Å². The van der Waals surface area contributed by atoms with E-state index in [9.17, 15) is 14.4 Å². The molecule has 0 amide bonds. The first-order chi connectivity index (χ1) is 17.9. The highest BCUT2D eigenvalue weighted by molar-refractivity contribution is 6.25. The lowest BCUT2D eigenvalue weighted by Crippen LogP contribution is -2.55. The molecule has 0 bridgehead atoms. The molecule has 6 rings (SSSR count). The summed E-state index contributed by atoms with van der Waals surface area (Å²) in [6, 6.07) is 19.3. The summed E-state index contributed by atoms with van der Waals surface area (Å²) in [4.78, 5) is 41.7. The molecule has 8 heteroatoms. The maximum Gasteiger partial charge on any atom is 0.302 e. The van der Waals surface area contributed by atoms with Gasteiger partial charge in [0.2, 0.25) is 11.6 Å². The molecule has 2 saturated heterocycles. The van der Waals surface area contributed by atoms with Crippen LogP contribution in [0.25, 0.3) is 0 Å². The predicted molar refractivity (Wildman–Crippen MR) is 133 cm³/mol. The summed E-state index contributed by atoms with van der Waals surface area (Å²) < 4.78 is 17.9. The van der Waals surface area contributed by atoms with Gasteiger partial charge in [0.05, 0.1) is 17.7 Å². The third-order valence-corrected chi connectivity index (χ3v) is 7.87. The summed E-state index contributed by atoms with van der Waals surface area (Å²) in [5.74, 6) is -1.73. The summed E-state index contributed by atoms with van der Waals surface area (Å²) in [5.41, 5.74) is 1.61. The van der Waals surface area contributed by atoms with Crippen LogP contribution < -0.4 is 5.32 Å². The van der Waals surface area contributed by atoms with Gasteiger partial charge in [0.15, 0.2) is 11.5 Å². The molecule has 1 aliphatic carbocycles. The molecule has 1 N–H and O–H groups in total. The Balaban J connectivity index is 1.42. The van der Waals surface area contributed by atoms with Gasteiger partial charge >= 0.3 is 5.97 Å². The van der Waals surface area contributed by atoms with E-state index in [0.717, 1.165) is 11.1 Å². The second-order valence-electron chi connectivity index (χ2n) is 9.87. The molecule has 0 radical (unpaired) electrons. The summed E-state index contributed by atoms with van der Waals surface area (Å²) in [7, 11) is 1.57. The lowest BCUT2D eigenvalue weighted by atomic mass is 9.83. The van der Waals surface area contributed by atoms with E-state index >= 15 is 0 Å². The molecule has 0 saturated carbocycles. The minimum Gasteiger partial charge on any atom is -0.476 e. The Kier molecular flexibility index (Phi) is 5.54. The van der Waals surface area contributed by atoms with E-state index in [-0.39, 0.29) is 41.6 Å². The van der Waals surface area contributed by atoms with Gasteiger partial charge in [-0.15, -0.1) is 0 Å². The van der Waals surface area contributed by atoms with Crippen molar-refractivity contribution in [3.63, 3.8) is 0 Å². The lowest BCUT2D eigenvalue weighted by molar-refractivity contribution is -0.156. The number of methoxy groups -OCH3 is 1. The first-order valence-electron chi connectivity index (χ1n) is 12.4. The third kappa shape index (κ3) is 3.47. The molecule has 37 heavy (non-hydrogen) atoms. The van der Waals surface area contributed by atoms with Crippen molar-refractivity contribution >= 4 is 17.5 Å². The molecule has 2 aromatic rings. The quantitative estimate of drug-likeness (QED) is 0.352. The van der Waals surface area contributed by atoms with Crippen LogP contribution in [0.15, 0.2) is 83.3 Å². The monoisotopic (exact) mass is 500 g/mol. The molecule has 2 aromatic carbocycles. The first kappa shape index (κ1) is 23.6. The number of nitrogens with zero attached hydrogens (tertiary/aromatic N) is 1. The topological polar surface area (TPSA) is 104 Å². The number of Topliss-reactive ketones (excluding diaryl/α,β-unsaturated/α-hetero) is 2. The van der Waals surface area contributed by atoms with Crippen LogP contribution in [0.4, 0.5) is 0 Å². The number of rotatable bonds is 7. The highest BCUT2D eigenvalue weighted by Crippen LogP contribution is 2.56. The largest absolute Gasteiger partial charge is 0.476 e. The molecule has 3 aliphatic heterocycles. The van der Waals surface area contributed by atoms with Crippen LogP contribution in [-0.4, -0.2) is 60.5 Å². The van der Waals surface area contributed by atoms with Crippen molar-refractivity contribution in [1.82, 2.24) is 10.2 Å². The molecule has 0 spiro atoms. The normalized spacial score (nSPS) is 27.9. The molecule has 190 valence electrons. The summed E-state index contributed by atoms with van der Waals surface area (Å²) in [5, 5.41) is 3.38. The zero-order valence-electron chi connectivity index (χ0n) is 20.9. The SMILES string of the molecule is CO[C@@]12C(COC(C)=O)C3=C(C(=O)C(C)=C(OC(c4ccccc4)c4ccccc4)C3=O)N1C[C@@H]1N[C@@H]12. The zero-order chi connectivity index (χ0) is 25.9. The lowest BCUT2D eigenvalue weighted by Gasteiger charge is -2.39. The van der Waals surface area contributed by atoms with Crippen LogP contribution in [0.5, 0.6) is 0 Å². The second-order valence-corrected chi connectivity index (χ2v) is 9.87. The van der Waals surface area contributed by atoms with Crippen LogP contribution in [-0.2, 0) is 28.6 Å². The van der Waals surface area contributed by atoms with Crippen molar-refractivity contribution in [2.24, 2.45) is 5.92 Å². The molecular formula is C29H28N2O6. The van der Waals surface area contributed by atoms with Crippen molar-refractivity contribution in [3.8, 4) is 0 Å². The highest BCUT2D eigenvalue weighted by Gasteiger charge is 2.72. The van der Waals surface area contributed by atoms with Crippen molar-refractivity contribution < 1.29 is 28.6 Å². The van der Waals surface area contributed by atoms with E-state index in [1.165, 1.54) is 6.92 Å². The number of ether oxygens (including phenoxy) is 3. The number of nitrogens with one attached hydrogen (secondary N) is 1. The first-order valence-corrected chi connectivity index (χ1v) is 12.4. The van der Waals surface area contributed by atoms with Crippen LogP contribution >= 0.6 is 0 Å². The molecule has 0 aromatic heterocycles. The van der Waals surface area contributed by atoms with E-state index in [4.69, 9.17) is 14.2 Å².